The van der Waals surface area contributed by atoms with E-state index in [-0.39, 0.29) is 30.7 Å². The second kappa shape index (κ2) is 5.77. The molecule has 0 spiro atoms. The van der Waals surface area contributed by atoms with Crippen molar-refractivity contribution in [3.8, 4) is 0 Å². The highest BCUT2D eigenvalue weighted by Gasteiger charge is 2.22. The van der Waals surface area contributed by atoms with Crippen molar-refractivity contribution < 1.29 is 19.1 Å². The molecule has 0 bridgehead atoms. The minimum atomic E-state index is -0.923. The maximum atomic E-state index is 12.4. The van der Waals surface area contributed by atoms with Crippen LogP contribution in [0.25, 0.3) is 11.0 Å². The third-order valence-electron chi connectivity index (χ3n) is 3.09. The molecular weight excluding hydrogens is 258 g/mol. The van der Waals surface area contributed by atoms with Gasteiger partial charge in [0.2, 0.25) is 0 Å². The lowest BCUT2D eigenvalue weighted by Crippen LogP contribution is -2.38. The van der Waals surface area contributed by atoms with E-state index in [0.29, 0.717) is 5.58 Å². The first-order valence-corrected chi connectivity index (χ1v) is 6.50. The summed E-state index contributed by atoms with van der Waals surface area (Å²) in [5, 5.41) is 9.61. The van der Waals surface area contributed by atoms with E-state index < -0.39 is 5.97 Å². The van der Waals surface area contributed by atoms with Crippen LogP contribution in [-0.2, 0) is 4.79 Å². The molecule has 0 aliphatic rings. The number of rotatable bonds is 5. The van der Waals surface area contributed by atoms with Crippen LogP contribution >= 0.6 is 0 Å². The van der Waals surface area contributed by atoms with Gasteiger partial charge in [-0.2, -0.15) is 0 Å². The Morgan fingerprint density at radius 2 is 2.00 bits per heavy atom. The van der Waals surface area contributed by atoms with Gasteiger partial charge < -0.3 is 14.4 Å². The molecule has 0 fully saturated rings. The monoisotopic (exact) mass is 275 g/mol. The van der Waals surface area contributed by atoms with Crippen LogP contribution in [0.5, 0.6) is 0 Å². The summed E-state index contributed by atoms with van der Waals surface area (Å²) in [5.74, 6) is -0.962. The van der Waals surface area contributed by atoms with Crippen LogP contribution in [0.4, 0.5) is 0 Å². The third-order valence-corrected chi connectivity index (χ3v) is 3.09. The maximum absolute atomic E-state index is 12.4. The van der Waals surface area contributed by atoms with Crippen LogP contribution in [0, 0.1) is 0 Å². The van der Waals surface area contributed by atoms with E-state index in [2.05, 4.69) is 0 Å². The number of fused-ring (bicyclic) bond motifs is 1. The fourth-order valence-corrected chi connectivity index (χ4v) is 2.04. The summed E-state index contributed by atoms with van der Waals surface area (Å²) < 4.78 is 5.53. The van der Waals surface area contributed by atoms with Gasteiger partial charge in [0.25, 0.3) is 5.91 Å². The van der Waals surface area contributed by atoms with E-state index in [1.54, 1.807) is 12.1 Å². The van der Waals surface area contributed by atoms with E-state index in [9.17, 15) is 9.59 Å². The topological polar surface area (TPSA) is 70.8 Å². The molecule has 0 aliphatic heterocycles. The predicted octanol–water partition coefficient (Wildman–Crippen LogP) is 2.76. The second-order valence-electron chi connectivity index (χ2n) is 4.88. The maximum Gasteiger partial charge on any atom is 0.305 e. The first kappa shape index (κ1) is 14.1. The zero-order chi connectivity index (χ0) is 14.7. The smallest absolute Gasteiger partial charge is 0.305 e. The van der Waals surface area contributed by atoms with E-state index in [1.807, 2.05) is 32.0 Å². The Morgan fingerprint density at radius 3 is 2.60 bits per heavy atom. The molecule has 1 aromatic carbocycles. The van der Waals surface area contributed by atoms with Gasteiger partial charge in [-0.15, -0.1) is 0 Å². The van der Waals surface area contributed by atoms with Crippen LogP contribution < -0.4 is 0 Å². The lowest BCUT2D eigenvalue weighted by molar-refractivity contribution is -0.137. The molecule has 5 heteroatoms. The summed E-state index contributed by atoms with van der Waals surface area (Å²) in [6.07, 6.45) is -0.0792. The molecule has 1 N–H and O–H groups in total. The van der Waals surface area contributed by atoms with Crippen LogP contribution in [0.1, 0.15) is 30.8 Å². The molecule has 0 saturated heterocycles. The first-order valence-electron chi connectivity index (χ1n) is 6.50. The fourth-order valence-electron chi connectivity index (χ4n) is 2.04. The molecule has 0 aliphatic carbocycles. The standard InChI is InChI=1S/C15H17NO4/c1-10(2)16(8-7-14(17)18)15(19)13-9-11-5-3-4-6-12(11)20-13/h3-6,9-10H,7-8H2,1-2H3,(H,17,18). The second-order valence-corrected chi connectivity index (χ2v) is 4.88. The zero-order valence-corrected chi connectivity index (χ0v) is 11.5. The summed E-state index contributed by atoms with van der Waals surface area (Å²) in [6, 6.07) is 8.97. The molecule has 0 atom stereocenters. The Hall–Kier alpha value is -2.30. The Balaban J connectivity index is 2.24. The van der Waals surface area contributed by atoms with Crippen molar-refractivity contribution in [3.05, 3.63) is 36.1 Å². The van der Waals surface area contributed by atoms with Crippen molar-refractivity contribution in [2.24, 2.45) is 0 Å². The van der Waals surface area contributed by atoms with E-state index in [4.69, 9.17) is 9.52 Å². The molecule has 20 heavy (non-hydrogen) atoms. The first-order chi connectivity index (χ1) is 9.49. The Morgan fingerprint density at radius 1 is 1.30 bits per heavy atom. The molecule has 2 aromatic rings. The molecule has 1 heterocycles. The molecule has 106 valence electrons. The quantitative estimate of drug-likeness (QED) is 0.910. The fraction of sp³-hybridized carbons (Fsp3) is 0.333. The summed E-state index contributed by atoms with van der Waals surface area (Å²) in [7, 11) is 0. The van der Waals surface area contributed by atoms with E-state index in [1.165, 1.54) is 4.90 Å². The average molecular weight is 275 g/mol. The number of hydrogen-bond donors (Lipinski definition) is 1. The van der Waals surface area contributed by atoms with E-state index >= 15 is 0 Å². The predicted molar refractivity (Wildman–Crippen MR) is 74.6 cm³/mol. The minimum Gasteiger partial charge on any atom is -0.481 e. The van der Waals surface area contributed by atoms with Gasteiger partial charge in [0.05, 0.1) is 6.42 Å². The number of nitrogens with zero attached hydrogens (tertiary/aromatic N) is 1. The number of aliphatic carboxylic acids is 1. The average Bonchev–Trinajstić information content (AvgIpc) is 2.81. The summed E-state index contributed by atoms with van der Waals surface area (Å²) in [4.78, 5) is 24.6. The lowest BCUT2D eigenvalue weighted by atomic mass is 10.2. The molecule has 5 nitrogen and oxygen atoms in total. The van der Waals surface area contributed by atoms with Gasteiger partial charge in [-0.3, -0.25) is 9.59 Å². The molecule has 1 aromatic heterocycles. The Kier molecular flexibility index (Phi) is 4.08. The van der Waals surface area contributed by atoms with Gasteiger partial charge in [0, 0.05) is 18.0 Å². The van der Waals surface area contributed by atoms with Gasteiger partial charge >= 0.3 is 5.97 Å². The number of para-hydroxylation sites is 1. The van der Waals surface area contributed by atoms with Gasteiger partial charge in [-0.25, -0.2) is 0 Å². The molecule has 0 saturated carbocycles. The van der Waals surface area contributed by atoms with E-state index in [0.717, 1.165) is 5.39 Å². The van der Waals surface area contributed by atoms with Gasteiger partial charge in [0.1, 0.15) is 5.58 Å². The molecule has 0 unspecified atom stereocenters. The molecule has 1 amide bonds. The Bertz CT molecular complexity index is 597. The number of carboxylic acid groups (broad SMARTS) is 1. The molecule has 0 radical (unpaired) electrons. The number of carboxylic acids is 1. The van der Waals surface area contributed by atoms with Gasteiger partial charge in [0.15, 0.2) is 5.76 Å². The highest BCUT2D eigenvalue weighted by Crippen LogP contribution is 2.20. The zero-order valence-electron chi connectivity index (χ0n) is 11.5. The Labute approximate surface area is 116 Å². The number of furan rings is 1. The van der Waals surface area contributed by atoms with Crippen LogP contribution in [0.15, 0.2) is 34.7 Å². The largest absolute Gasteiger partial charge is 0.481 e. The van der Waals surface area contributed by atoms with Gasteiger partial charge in [-0.05, 0) is 26.0 Å². The SMILES string of the molecule is CC(C)N(CCC(=O)O)C(=O)c1cc2ccccc2o1. The minimum absolute atomic E-state index is 0.0792. The number of carbonyl (C=O) groups is 2. The van der Waals surface area contributed by atoms with Crippen LogP contribution in [0.2, 0.25) is 0 Å². The van der Waals surface area contributed by atoms with Gasteiger partial charge in [-0.1, -0.05) is 18.2 Å². The van der Waals surface area contributed by atoms with Crippen molar-refractivity contribution in [1.82, 2.24) is 4.90 Å². The number of amides is 1. The number of carbonyl (C=O) groups excluding carboxylic acids is 1. The van der Waals surface area contributed by atoms with Crippen molar-refractivity contribution >= 4 is 22.8 Å². The van der Waals surface area contributed by atoms with Crippen molar-refractivity contribution in [1.29, 1.82) is 0 Å². The van der Waals surface area contributed by atoms with Crippen LogP contribution in [-0.4, -0.2) is 34.5 Å². The summed E-state index contributed by atoms with van der Waals surface area (Å²) in [5.41, 5.74) is 0.651. The summed E-state index contributed by atoms with van der Waals surface area (Å²) in [6.45, 7) is 3.87. The molecule has 2 rings (SSSR count). The van der Waals surface area contributed by atoms with Crippen LogP contribution in [0.3, 0.4) is 0 Å². The van der Waals surface area contributed by atoms with Crippen molar-refractivity contribution in [2.75, 3.05) is 6.54 Å². The lowest BCUT2D eigenvalue weighted by Gasteiger charge is -2.25. The molecular formula is C15H17NO4. The number of benzene rings is 1. The number of hydrogen-bond acceptors (Lipinski definition) is 3. The third kappa shape index (κ3) is 2.99. The van der Waals surface area contributed by atoms with Crippen molar-refractivity contribution in [2.45, 2.75) is 26.3 Å². The highest BCUT2D eigenvalue weighted by molar-refractivity contribution is 5.96. The van der Waals surface area contributed by atoms with Crippen molar-refractivity contribution in [3.63, 3.8) is 0 Å². The highest BCUT2D eigenvalue weighted by atomic mass is 16.4. The normalized spacial score (nSPS) is 10.9. The summed E-state index contributed by atoms with van der Waals surface area (Å²) >= 11 is 0.